The second-order valence-electron chi connectivity index (χ2n) is 32.7. The lowest BCUT2D eigenvalue weighted by Crippen LogP contribution is -2.25. The standard InChI is InChI=1S/C107H87N3O6/c1-68-23-41-77(42-24-68)108(83-53-62-92-89-17-11-14-20-95(89)104(4,5)98(92)65-83)80-47-29-71(30-48-80)101(111)114-86-56-35-74(36-57-86)107(10,75-37-58-87(59-38-75)115-102(112)72-31-49-81(50-32-72)109(78-43-25-69(2)26-44-78)84-54-63-93-90-18-12-15-21-96(90)105(6,7)99(93)66-84)76-39-60-88(61-40-76)116-103(113)73-33-51-82(52-34-73)110(79-45-27-70(3)28-46-79)85-55-64-94-91-19-13-16-22-97(91)106(8,9)100(94)67-85/h11-67H,1-10H3. The molecule has 3 aliphatic rings. The molecule has 0 aromatic heterocycles. The van der Waals surface area contributed by atoms with Crippen LogP contribution in [0.5, 0.6) is 17.2 Å². The van der Waals surface area contributed by atoms with Gasteiger partial charge in [-0.05, 0) is 293 Å². The summed E-state index contributed by atoms with van der Waals surface area (Å²) in [6.45, 7) is 22.1. The molecule has 9 heteroatoms. The second kappa shape index (κ2) is 28.9. The van der Waals surface area contributed by atoms with E-state index < -0.39 is 23.3 Å². The third kappa shape index (κ3) is 13.1. The van der Waals surface area contributed by atoms with Crippen molar-refractivity contribution in [3.05, 3.63) is 429 Å². The monoisotopic (exact) mass is 1510 g/mol. The van der Waals surface area contributed by atoms with Crippen LogP contribution in [0.3, 0.4) is 0 Å². The summed E-state index contributed by atoms with van der Waals surface area (Å²) >= 11 is 0. The lowest BCUT2D eigenvalue weighted by Gasteiger charge is -2.32. The number of hydrogen-bond acceptors (Lipinski definition) is 9. The molecule has 15 aromatic rings. The van der Waals surface area contributed by atoms with E-state index in [1.807, 2.05) is 146 Å². The second-order valence-corrected chi connectivity index (χ2v) is 32.7. The fraction of sp³-hybridized carbons (Fsp3) is 0.131. The molecule has 0 aliphatic heterocycles. The van der Waals surface area contributed by atoms with Gasteiger partial charge in [0.15, 0.2) is 0 Å². The Morgan fingerprint density at radius 2 is 0.448 bits per heavy atom. The molecule has 116 heavy (non-hydrogen) atoms. The molecule has 18 rings (SSSR count). The zero-order chi connectivity index (χ0) is 79.9. The van der Waals surface area contributed by atoms with Gasteiger partial charge in [0.2, 0.25) is 0 Å². The van der Waals surface area contributed by atoms with Gasteiger partial charge in [-0.15, -0.1) is 0 Å². The fourth-order valence-corrected chi connectivity index (χ4v) is 17.7. The average Bonchev–Trinajstić information content (AvgIpc) is 1.61. The van der Waals surface area contributed by atoms with Crippen LogP contribution in [0.1, 0.15) is 146 Å². The van der Waals surface area contributed by atoms with Gasteiger partial charge >= 0.3 is 17.9 Å². The molecule has 0 amide bonds. The van der Waals surface area contributed by atoms with Crippen LogP contribution < -0.4 is 28.9 Å². The summed E-state index contributed by atoms with van der Waals surface area (Å²) in [6.07, 6.45) is 0. The number of carbonyl (C=O) groups is 3. The van der Waals surface area contributed by atoms with Crippen LogP contribution in [-0.2, 0) is 21.7 Å². The molecule has 0 radical (unpaired) electrons. The van der Waals surface area contributed by atoms with Crippen molar-refractivity contribution in [3.63, 3.8) is 0 Å². The fourth-order valence-electron chi connectivity index (χ4n) is 17.7. The zero-order valence-electron chi connectivity index (χ0n) is 66.7. The van der Waals surface area contributed by atoms with Gasteiger partial charge in [-0.2, -0.15) is 0 Å². The number of ether oxygens (including phenoxy) is 3. The molecule has 9 nitrogen and oxygen atoms in total. The van der Waals surface area contributed by atoms with Gasteiger partial charge in [-0.25, -0.2) is 14.4 Å². The molecule has 0 atom stereocenters. The first-order valence-electron chi connectivity index (χ1n) is 39.7. The summed E-state index contributed by atoms with van der Waals surface area (Å²) in [4.78, 5) is 49.5. The number of aryl methyl sites for hydroxylation is 3. The van der Waals surface area contributed by atoms with Crippen molar-refractivity contribution in [2.45, 2.75) is 90.9 Å². The Hall–Kier alpha value is -13.9. The van der Waals surface area contributed by atoms with Gasteiger partial charge in [0.25, 0.3) is 0 Å². The molecule has 566 valence electrons. The maximum Gasteiger partial charge on any atom is 0.343 e. The number of esters is 3. The number of carbonyl (C=O) groups excluding carboxylic acids is 3. The Labute approximate surface area is 679 Å². The molecule has 0 saturated heterocycles. The van der Waals surface area contributed by atoms with Gasteiger partial charge in [0.1, 0.15) is 17.2 Å². The topological polar surface area (TPSA) is 88.6 Å². The maximum atomic E-state index is 14.3. The van der Waals surface area contributed by atoms with Crippen LogP contribution in [0.4, 0.5) is 51.2 Å². The Bertz CT molecular complexity index is 5710. The SMILES string of the molecule is Cc1ccc(N(c2ccc(C(=O)Oc3ccc(C(C)(c4ccc(OC(=O)c5ccc(N(c6ccc(C)cc6)c6ccc7c(c6)C(C)(C)c6ccccc6-7)cc5)cc4)c4ccc(OC(=O)c5ccc(N(c6ccc(C)cc6)c6ccc7c(c6)C(C)(C)c6ccccc6-7)cc5)cc4)cc3)cc2)c2ccc3c(c2)C(C)(C)c2ccccc2-3)cc1. The first-order chi connectivity index (χ1) is 56.1. The average molecular weight is 1510 g/mol. The largest absolute Gasteiger partial charge is 0.423 e. The van der Waals surface area contributed by atoms with Gasteiger partial charge in [0.05, 0.1) is 16.7 Å². The third-order valence-corrected chi connectivity index (χ3v) is 24.4. The maximum absolute atomic E-state index is 14.3. The summed E-state index contributed by atoms with van der Waals surface area (Å²) in [5.74, 6) is -0.416. The highest BCUT2D eigenvalue weighted by atomic mass is 16.5. The first kappa shape index (κ1) is 73.6. The number of rotatable bonds is 18. The van der Waals surface area contributed by atoms with Crippen molar-refractivity contribution in [1.29, 1.82) is 0 Å². The van der Waals surface area contributed by atoms with Crippen molar-refractivity contribution in [1.82, 2.24) is 0 Å². The normalized spacial score (nSPS) is 13.4. The molecule has 0 heterocycles. The van der Waals surface area contributed by atoms with E-state index in [1.54, 1.807) is 0 Å². The highest BCUT2D eigenvalue weighted by molar-refractivity contribution is 5.96. The predicted octanol–water partition coefficient (Wildman–Crippen LogP) is 27.0. The Morgan fingerprint density at radius 1 is 0.241 bits per heavy atom. The molecule has 0 fully saturated rings. The lowest BCUT2D eigenvalue weighted by molar-refractivity contribution is 0.0725. The summed E-state index contributed by atoms with van der Waals surface area (Å²) in [5, 5.41) is 0. The van der Waals surface area contributed by atoms with Crippen molar-refractivity contribution >= 4 is 69.1 Å². The summed E-state index contributed by atoms with van der Waals surface area (Å²) < 4.78 is 18.5. The van der Waals surface area contributed by atoms with Crippen LogP contribution >= 0.6 is 0 Å². The Kier molecular flexibility index (Phi) is 18.4. The minimum absolute atomic E-state index is 0.192. The van der Waals surface area contributed by atoms with E-state index in [-0.39, 0.29) is 16.2 Å². The molecular weight excluding hydrogens is 1420 g/mol. The quantitative estimate of drug-likeness (QED) is 0.0473. The first-order valence-corrected chi connectivity index (χ1v) is 39.7. The van der Waals surface area contributed by atoms with Gasteiger partial charge in [-0.3, -0.25) is 0 Å². The van der Waals surface area contributed by atoms with Crippen molar-refractivity contribution in [3.8, 4) is 50.6 Å². The van der Waals surface area contributed by atoms with Crippen LogP contribution in [0, 0.1) is 20.8 Å². The Morgan fingerprint density at radius 3 is 0.690 bits per heavy atom. The minimum Gasteiger partial charge on any atom is -0.423 e. The van der Waals surface area contributed by atoms with Crippen LogP contribution in [-0.4, -0.2) is 17.9 Å². The highest BCUT2D eigenvalue weighted by Gasteiger charge is 2.40. The van der Waals surface area contributed by atoms with E-state index in [1.165, 1.54) is 66.8 Å². The Balaban J connectivity index is 0.614. The smallest absolute Gasteiger partial charge is 0.343 e. The molecule has 0 N–H and O–H groups in total. The molecule has 3 aliphatic carbocycles. The molecule has 0 saturated carbocycles. The summed E-state index contributed by atoms with van der Waals surface area (Å²) in [5.41, 5.74) is 29.8. The van der Waals surface area contributed by atoms with E-state index in [2.05, 4.69) is 284 Å². The van der Waals surface area contributed by atoms with Gasteiger partial charge in [-0.1, -0.05) is 222 Å². The van der Waals surface area contributed by atoms with E-state index >= 15 is 0 Å². The van der Waals surface area contributed by atoms with E-state index in [0.29, 0.717) is 33.9 Å². The van der Waals surface area contributed by atoms with Crippen LogP contribution in [0.15, 0.2) is 346 Å². The number of hydrogen-bond donors (Lipinski definition) is 0. The molecule has 0 unspecified atom stereocenters. The van der Waals surface area contributed by atoms with Crippen molar-refractivity contribution < 1.29 is 28.6 Å². The van der Waals surface area contributed by atoms with Gasteiger partial charge < -0.3 is 28.9 Å². The molecule has 15 aromatic carbocycles. The van der Waals surface area contributed by atoms with Crippen molar-refractivity contribution in [2.24, 2.45) is 0 Å². The van der Waals surface area contributed by atoms with E-state index in [0.717, 1.165) is 84.6 Å². The minimum atomic E-state index is -0.874. The number of nitrogens with zero attached hydrogens (tertiary/aromatic N) is 3. The van der Waals surface area contributed by atoms with Crippen molar-refractivity contribution in [2.75, 3.05) is 14.7 Å². The van der Waals surface area contributed by atoms with E-state index in [9.17, 15) is 14.4 Å². The van der Waals surface area contributed by atoms with Gasteiger partial charge in [0, 0.05) is 72.8 Å². The number of benzene rings is 15. The lowest BCUT2D eigenvalue weighted by atomic mass is 9.71. The number of anilines is 9. The number of fused-ring (bicyclic) bond motifs is 9. The molecule has 0 bridgehead atoms. The van der Waals surface area contributed by atoms with Crippen LogP contribution in [0.25, 0.3) is 33.4 Å². The summed E-state index contributed by atoms with van der Waals surface area (Å²) in [7, 11) is 0. The van der Waals surface area contributed by atoms with Crippen LogP contribution in [0.2, 0.25) is 0 Å². The third-order valence-electron chi connectivity index (χ3n) is 24.4. The molecule has 0 spiro atoms. The molecular formula is C107H87N3O6. The van der Waals surface area contributed by atoms with E-state index in [4.69, 9.17) is 14.2 Å². The highest BCUT2D eigenvalue weighted by Crippen LogP contribution is 2.55. The zero-order valence-corrected chi connectivity index (χ0v) is 66.7. The predicted molar refractivity (Wildman–Crippen MR) is 470 cm³/mol. The summed E-state index contributed by atoms with van der Waals surface area (Å²) in [6, 6.07) is 117.